The number of amides is 1. The van der Waals surface area contributed by atoms with E-state index in [1.807, 2.05) is 12.1 Å². The molecule has 0 aliphatic carbocycles. The molecule has 2 nitrogen and oxygen atoms in total. The molecule has 1 amide bonds. The summed E-state index contributed by atoms with van der Waals surface area (Å²) in [5, 5.41) is 4.16. The molecule has 0 unspecified atom stereocenters. The van der Waals surface area contributed by atoms with Gasteiger partial charge in [-0.1, -0.05) is 78.9 Å². The maximum atomic E-state index is 12.0. The Labute approximate surface area is 128 Å². The summed E-state index contributed by atoms with van der Waals surface area (Å²) in [6.07, 6.45) is 0.550. The SMILES string of the molecule is CNC(=O)C[C@H](c1ccccc1)[Si](C)(C)c1ccccc1. The number of benzene rings is 2. The molecule has 2 aromatic carbocycles. The highest BCUT2D eigenvalue weighted by Crippen LogP contribution is 2.30. The van der Waals surface area contributed by atoms with Crippen molar-refractivity contribution in [2.45, 2.75) is 25.1 Å². The molecular weight excluding hydrogens is 274 g/mol. The molecule has 0 saturated heterocycles. The minimum atomic E-state index is -1.79. The van der Waals surface area contributed by atoms with Crippen LogP contribution in [0.3, 0.4) is 0 Å². The molecule has 0 aliphatic rings. The lowest BCUT2D eigenvalue weighted by atomic mass is 10.1. The normalized spacial score (nSPS) is 12.7. The summed E-state index contributed by atoms with van der Waals surface area (Å²) in [5.41, 5.74) is 1.54. The highest BCUT2D eigenvalue weighted by atomic mass is 28.3. The van der Waals surface area contributed by atoms with Gasteiger partial charge in [-0.2, -0.15) is 0 Å². The van der Waals surface area contributed by atoms with Crippen molar-refractivity contribution < 1.29 is 4.79 Å². The van der Waals surface area contributed by atoms with Crippen molar-refractivity contribution in [3.63, 3.8) is 0 Å². The van der Waals surface area contributed by atoms with Gasteiger partial charge in [-0.15, -0.1) is 0 Å². The second-order valence-corrected chi connectivity index (χ2v) is 10.6. The van der Waals surface area contributed by atoms with Crippen LogP contribution in [0.1, 0.15) is 17.5 Å². The molecule has 0 bridgehead atoms. The zero-order chi connectivity index (χ0) is 15.3. The Balaban J connectivity index is 2.41. The van der Waals surface area contributed by atoms with Crippen LogP contribution in [0.4, 0.5) is 0 Å². The summed E-state index contributed by atoms with van der Waals surface area (Å²) < 4.78 is 0. The van der Waals surface area contributed by atoms with Crippen LogP contribution in [0, 0.1) is 0 Å². The Bertz CT molecular complexity index is 581. The van der Waals surface area contributed by atoms with E-state index in [2.05, 4.69) is 66.9 Å². The summed E-state index contributed by atoms with van der Waals surface area (Å²) in [7, 11) is -0.0798. The standard InChI is InChI=1S/C18H23NOSi/c1-19-18(20)14-17(15-10-6-4-7-11-15)21(2,3)16-12-8-5-9-13-16/h4-13,17H,14H2,1-3H3,(H,19,20)/t17-/m1/s1. The fraction of sp³-hybridized carbons (Fsp3) is 0.278. The molecule has 0 aliphatic heterocycles. The van der Waals surface area contributed by atoms with E-state index in [0.717, 1.165) is 0 Å². The molecule has 3 heteroatoms. The molecule has 2 rings (SSSR count). The fourth-order valence-electron chi connectivity index (χ4n) is 2.83. The van der Waals surface area contributed by atoms with Gasteiger partial charge in [0.05, 0.1) is 8.07 Å². The van der Waals surface area contributed by atoms with Gasteiger partial charge in [-0.25, -0.2) is 0 Å². The van der Waals surface area contributed by atoms with E-state index in [0.29, 0.717) is 6.42 Å². The van der Waals surface area contributed by atoms with Gasteiger partial charge in [0.15, 0.2) is 0 Å². The van der Waals surface area contributed by atoms with Gasteiger partial charge in [-0.3, -0.25) is 4.79 Å². The summed E-state index contributed by atoms with van der Waals surface area (Å²) in [6.45, 7) is 4.70. The van der Waals surface area contributed by atoms with Crippen LogP contribution in [-0.4, -0.2) is 21.0 Å². The highest BCUT2D eigenvalue weighted by Gasteiger charge is 2.35. The lowest BCUT2D eigenvalue weighted by Gasteiger charge is -2.33. The molecule has 0 fully saturated rings. The second-order valence-electron chi connectivity index (χ2n) is 5.93. The predicted molar refractivity (Wildman–Crippen MR) is 91.4 cm³/mol. The topological polar surface area (TPSA) is 29.1 Å². The first-order chi connectivity index (χ1) is 10.1. The van der Waals surface area contributed by atoms with E-state index < -0.39 is 8.07 Å². The van der Waals surface area contributed by atoms with Crippen molar-refractivity contribution in [2.75, 3.05) is 7.05 Å². The average molecular weight is 297 g/mol. The first-order valence-corrected chi connectivity index (χ1v) is 10.4. The fourth-order valence-corrected chi connectivity index (χ4v) is 6.01. The molecule has 110 valence electrons. The Kier molecular flexibility index (Phi) is 4.97. The molecule has 0 saturated carbocycles. The number of carbonyl (C=O) groups excluding carboxylic acids is 1. The zero-order valence-corrected chi connectivity index (χ0v) is 14.0. The lowest BCUT2D eigenvalue weighted by Crippen LogP contribution is -2.49. The van der Waals surface area contributed by atoms with Gasteiger partial charge in [0.1, 0.15) is 0 Å². The number of nitrogens with one attached hydrogen (secondary N) is 1. The van der Waals surface area contributed by atoms with Crippen LogP contribution in [0.25, 0.3) is 0 Å². The summed E-state index contributed by atoms with van der Waals surface area (Å²) in [4.78, 5) is 12.0. The van der Waals surface area contributed by atoms with Gasteiger partial charge in [-0.05, 0) is 11.1 Å². The second kappa shape index (κ2) is 6.72. The third-order valence-electron chi connectivity index (χ3n) is 4.26. The van der Waals surface area contributed by atoms with E-state index >= 15 is 0 Å². The number of rotatable bonds is 5. The molecule has 0 spiro atoms. The first-order valence-electron chi connectivity index (χ1n) is 7.36. The van der Waals surface area contributed by atoms with E-state index in [9.17, 15) is 4.79 Å². The van der Waals surface area contributed by atoms with Crippen LogP contribution >= 0.6 is 0 Å². The summed E-state index contributed by atoms with van der Waals surface area (Å²) >= 11 is 0. The number of hydrogen-bond acceptors (Lipinski definition) is 1. The molecule has 2 aromatic rings. The van der Waals surface area contributed by atoms with E-state index in [4.69, 9.17) is 0 Å². The van der Waals surface area contributed by atoms with Crippen molar-refractivity contribution in [1.29, 1.82) is 0 Å². The molecule has 21 heavy (non-hydrogen) atoms. The van der Waals surface area contributed by atoms with Crippen LogP contribution < -0.4 is 10.5 Å². The van der Waals surface area contributed by atoms with E-state index in [-0.39, 0.29) is 11.4 Å². The lowest BCUT2D eigenvalue weighted by molar-refractivity contribution is -0.120. The van der Waals surface area contributed by atoms with Gasteiger partial charge in [0.25, 0.3) is 0 Å². The van der Waals surface area contributed by atoms with Gasteiger partial charge < -0.3 is 5.32 Å². The van der Waals surface area contributed by atoms with E-state index in [1.54, 1.807) is 7.05 Å². The molecule has 1 atom stereocenters. The predicted octanol–water partition coefficient (Wildman–Crippen LogP) is 3.06. The first kappa shape index (κ1) is 15.5. The smallest absolute Gasteiger partial charge is 0.220 e. The van der Waals surface area contributed by atoms with Crippen molar-refractivity contribution in [2.24, 2.45) is 0 Å². The van der Waals surface area contributed by atoms with Gasteiger partial charge in [0, 0.05) is 13.5 Å². The Morgan fingerprint density at radius 2 is 1.52 bits per heavy atom. The largest absolute Gasteiger partial charge is 0.359 e. The summed E-state index contributed by atoms with van der Waals surface area (Å²) in [6, 6.07) is 21.1. The van der Waals surface area contributed by atoms with Crippen LogP contribution in [0.15, 0.2) is 60.7 Å². The molecule has 0 aromatic heterocycles. The van der Waals surface area contributed by atoms with Crippen molar-refractivity contribution in [1.82, 2.24) is 5.32 Å². The van der Waals surface area contributed by atoms with Crippen molar-refractivity contribution in [3.05, 3.63) is 66.2 Å². The average Bonchev–Trinajstić information content (AvgIpc) is 2.53. The van der Waals surface area contributed by atoms with Crippen LogP contribution in [-0.2, 0) is 4.79 Å². The van der Waals surface area contributed by atoms with Crippen LogP contribution in [0.5, 0.6) is 0 Å². The van der Waals surface area contributed by atoms with Gasteiger partial charge in [0.2, 0.25) is 5.91 Å². The third-order valence-corrected chi connectivity index (χ3v) is 8.36. The number of carbonyl (C=O) groups is 1. The van der Waals surface area contributed by atoms with Gasteiger partial charge >= 0.3 is 0 Å². The minimum absolute atomic E-state index is 0.111. The molecule has 0 heterocycles. The molecule has 0 radical (unpaired) electrons. The van der Waals surface area contributed by atoms with Crippen molar-refractivity contribution in [3.8, 4) is 0 Å². The third kappa shape index (κ3) is 3.61. The van der Waals surface area contributed by atoms with E-state index in [1.165, 1.54) is 10.8 Å². The Morgan fingerprint density at radius 3 is 2.05 bits per heavy atom. The maximum absolute atomic E-state index is 12.0. The molecular formula is C18H23NOSi. The quantitative estimate of drug-likeness (QED) is 0.844. The Morgan fingerprint density at radius 1 is 1.00 bits per heavy atom. The Hall–Kier alpha value is -1.87. The minimum Gasteiger partial charge on any atom is -0.359 e. The van der Waals surface area contributed by atoms with Crippen LogP contribution in [0.2, 0.25) is 13.1 Å². The number of hydrogen-bond donors (Lipinski definition) is 1. The summed E-state index contributed by atoms with van der Waals surface area (Å²) in [5.74, 6) is 0.111. The maximum Gasteiger partial charge on any atom is 0.220 e. The zero-order valence-electron chi connectivity index (χ0n) is 13.0. The van der Waals surface area contributed by atoms with Crippen molar-refractivity contribution >= 4 is 19.2 Å². The molecule has 1 N–H and O–H groups in total. The monoisotopic (exact) mass is 297 g/mol. The highest BCUT2D eigenvalue weighted by molar-refractivity contribution is 6.91.